The number of aliphatic carboxylic acids is 1. The van der Waals surface area contributed by atoms with E-state index >= 15 is 0 Å². The molecular formula is C17H16Cl2N2O3. The van der Waals surface area contributed by atoms with Crippen LogP contribution in [-0.4, -0.2) is 28.0 Å². The molecule has 0 fully saturated rings. The molecule has 2 N–H and O–H groups in total. The number of benzene rings is 2. The molecular weight excluding hydrogens is 351 g/mol. The number of carbonyl (C=O) groups excluding carboxylic acids is 1. The van der Waals surface area contributed by atoms with Crippen LogP contribution in [-0.2, 0) is 11.3 Å². The van der Waals surface area contributed by atoms with Crippen molar-refractivity contribution in [2.24, 2.45) is 0 Å². The van der Waals surface area contributed by atoms with Gasteiger partial charge in [0.2, 0.25) is 0 Å². The van der Waals surface area contributed by atoms with Crippen LogP contribution in [0.25, 0.3) is 0 Å². The van der Waals surface area contributed by atoms with Crippen molar-refractivity contribution in [2.45, 2.75) is 19.5 Å². The van der Waals surface area contributed by atoms with E-state index in [1.807, 2.05) is 0 Å². The topological polar surface area (TPSA) is 69.6 Å². The highest BCUT2D eigenvalue weighted by molar-refractivity contribution is 6.31. The molecule has 1 atom stereocenters. The van der Waals surface area contributed by atoms with Gasteiger partial charge in [-0.3, -0.25) is 0 Å². The van der Waals surface area contributed by atoms with Gasteiger partial charge in [-0.15, -0.1) is 0 Å². The van der Waals surface area contributed by atoms with E-state index in [0.29, 0.717) is 21.3 Å². The molecule has 0 aromatic heterocycles. The van der Waals surface area contributed by atoms with E-state index in [2.05, 4.69) is 5.32 Å². The van der Waals surface area contributed by atoms with Crippen molar-refractivity contribution in [2.75, 3.05) is 5.32 Å². The molecule has 0 saturated carbocycles. The third-order valence-electron chi connectivity index (χ3n) is 3.46. The number of halogens is 2. The van der Waals surface area contributed by atoms with Gasteiger partial charge in [-0.05, 0) is 36.8 Å². The summed E-state index contributed by atoms with van der Waals surface area (Å²) in [4.78, 5) is 25.1. The Labute approximate surface area is 149 Å². The molecule has 0 aliphatic heterocycles. The molecule has 7 heteroatoms. The summed E-state index contributed by atoms with van der Waals surface area (Å²) in [6.07, 6.45) is 0. The summed E-state index contributed by atoms with van der Waals surface area (Å²) in [6.45, 7) is 1.51. The molecule has 0 saturated heterocycles. The first-order valence-corrected chi connectivity index (χ1v) is 7.93. The Balaban J connectivity index is 2.23. The normalized spacial score (nSPS) is 11.6. The fourth-order valence-electron chi connectivity index (χ4n) is 2.09. The minimum Gasteiger partial charge on any atom is -0.480 e. The average Bonchev–Trinajstić information content (AvgIpc) is 2.53. The van der Waals surface area contributed by atoms with E-state index in [0.717, 1.165) is 0 Å². The number of amides is 2. The number of carbonyl (C=O) groups is 2. The van der Waals surface area contributed by atoms with Gasteiger partial charge in [0.15, 0.2) is 0 Å². The van der Waals surface area contributed by atoms with Gasteiger partial charge >= 0.3 is 12.0 Å². The number of anilines is 1. The molecule has 24 heavy (non-hydrogen) atoms. The van der Waals surface area contributed by atoms with E-state index in [1.54, 1.807) is 48.5 Å². The average molecular weight is 367 g/mol. The van der Waals surface area contributed by atoms with Crippen LogP contribution in [0.3, 0.4) is 0 Å². The number of carboxylic acid groups (broad SMARTS) is 1. The first-order chi connectivity index (χ1) is 11.4. The minimum absolute atomic E-state index is 0.0690. The van der Waals surface area contributed by atoms with Crippen molar-refractivity contribution in [3.05, 3.63) is 64.1 Å². The Morgan fingerprint density at radius 1 is 1.17 bits per heavy atom. The molecule has 126 valence electrons. The van der Waals surface area contributed by atoms with Crippen molar-refractivity contribution < 1.29 is 14.7 Å². The smallest absolute Gasteiger partial charge is 0.326 e. The van der Waals surface area contributed by atoms with E-state index in [4.69, 9.17) is 23.2 Å². The fraction of sp³-hybridized carbons (Fsp3) is 0.176. The van der Waals surface area contributed by atoms with E-state index in [-0.39, 0.29) is 6.54 Å². The van der Waals surface area contributed by atoms with Crippen LogP contribution in [0.15, 0.2) is 48.5 Å². The summed E-state index contributed by atoms with van der Waals surface area (Å²) in [5.74, 6) is -1.11. The van der Waals surface area contributed by atoms with Crippen LogP contribution in [0.5, 0.6) is 0 Å². The van der Waals surface area contributed by atoms with Crippen LogP contribution in [0, 0.1) is 0 Å². The Hall–Kier alpha value is -2.24. The summed E-state index contributed by atoms with van der Waals surface area (Å²) in [5.41, 5.74) is 1.14. The number of hydrogen-bond donors (Lipinski definition) is 2. The number of nitrogens with zero attached hydrogens (tertiary/aromatic N) is 1. The molecule has 0 radical (unpaired) electrons. The fourth-order valence-corrected chi connectivity index (χ4v) is 2.48. The Morgan fingerprint density at radius 3 is 2.50 bits per heavy atom. The highest BCUT2D eigenvalue weighted by Crippen LogP contribution is 2.20. The van der Waals surface area contributed by atoms with Gasteiger partial charge in [-0.1, -0.05) is 47.5 Å². The summed E-state index contributed by atoms with van der Waals surface area (Å²) >= 11 is 12.0. The molecule has 2 amide bonds. The number of nitrogens with one attached hydrogen (secondary N) is 1. The van der Waals surface area contributed by atoms with E-state index in [1.165, 1.54) is 11.8 Å². The highest BCUT2D eigenvalue weighted by atomic mass is 35.5. The third-order valence-corrected chi connectivity index (χ3v) is 4.06. The third kappa shape index (κ3) is 4.63. The molecule has 0 heterocycles. The van der Waals surface area contributed by atoms with Crippen molar-refractivity contribution in [3.8, 4) is 0 Å². The number of urea groups is 1. The van der Waals surface area contributed by atoms with Gasteiger partial charge < -0.3 is 15.3 Å². The van der Waals surface area contributed by atoms with Gasteiger partial charge in [0.25, 0.3) is 0 Å². The van der Waals surface area contributed by atoms with Gasteiger partial charge in [-0.25, -0.2) is 9.59 Å². The lowest BCUT2D eigenvalue weighted by atomic mass is 10.2. The molecule has 0 aliphatic carbocycles. The molecule has 1 unspecified atom stereocenters. The van der Waals surface area contributed by atoms with Crippen LogP contribution in [0.1, 0.15) is 12.5 Å². The Bertz CT molecular complexity index is 752. The first kappa shape index (κ1) is 18.1. The predicted octanol–water partition coefficient (Wildman–Crippen LogP) is 4.50. The lowest BCUT2D eigenvalue weighted by molar-refractivity contribution is -0.141. The van der Waals surface area contributed by atoms with Gasteiger partial charge in [0, 0.05) is 22.3 Å². The molecule has 2 aromatic carbocycles. The summed E-state index contributed by atoms with van der Waals surface area (Å²) in [5, 5.41) is 12.9. The van der Waals surface area contributed by atoms with Crippen molar-refractivity contribution in [3.63, 3.8) is 0 Å². The van der Waals surface area contributed by atoms with Crippen molar-refractivity contribution in [1.29, 1.82) is 0 Å². The predicted molar refractivity (Wildman–Crippen MR) is 94.6 cm³/mol. The van der Waals surface area contributed by atoms with Crippen LogP contribution in [0.2, 0.25) is 10.0 Å². The molecule has 2 aromatic rings. The summed E-state index contributed by atoms with van der Waals surface area (Å²) in [6, 6.07) is 12.0. The second-order valence-corrected chi connectivity index (χ2v) is 6.02. The van der Waals surface area contributed by atoms with Crippen molar-refractivity contribution in [1.82, 2.24) is 4.90 Å². The lowest BCUT2D eigenvalue weighted by Gasteiger charge is -2.27. The van der Waals surface area contributed by atoms with Crippen molar-refractivity contribution >= 4 is 40.9 Å². The largest absolute Gasteiger partial charge is 0.480 e. The molecule has 0 bridgehead atoms. The molecule has 5 nitrogen and oxygen atoms in total. The van der Waals surface area contributed by atoms with Gasteiger partial charge in [0.05, 0.1) is 0 Å². The summed E-state index contributed by atoms with van der Waals surface area (Å²) in [7, 11) is 0. The van der Waals surface area contributed by atoms with Gasteiger partial charge in [0.1, 0.15) is 6.04 Å². The zero-order valence-corrected chi connectivity index (χ0v) is 14.4. The number of rotatable bonds is 5. The second kappa shape index (κ2) is 8.04. The Morgan fingerprint density at radius 2 is 1.88 bits per heavy atom. The Kier molecular flexibility index (Phi) is 6.06. The quantitative estimate of drug-likeness (QED) is 0.818. The van der Waals surface area contributed by atoms with Crippen LogP contribution < -0.4 is 5.32 Å². The molecule has 2 rings (SSSR count). The highest BCUT2D eigenvalue weighted by Gasteiger charge is 2.26. The zero-order chi connectivity index (χ0) is 17.7. The van der Waals surface area contributed by atoms with E-state index in [9.17, 15) is 14.7 Å². The molecule has 0 aliphatic rings. The standard InChI is InChI=1S/C17H16Cl2N2O3/c1-11(16(22)23)21(10-12-5-2-3-8-15(12)19)17(24)20-14-7-4-6-13(18)9-14/h2-9,11H,10H2,1H3,(H,20,24)(H,22,23). The molecule has 0 spiro atoms. The number of hydrogen-bond acceptors (Lipinski definition) is 2. The maximum Gasteiger partial charge on any atom is 0.326 e. The number of carboxylic acids is 1. The van der Waals surface area contributed by atoms with Gasteiger partial charge in [-0.2, -0.15) is 0 Å². The maximum atomic E-state index is 12.6. The lowest BCUT2D eigenvalue weighted by Crippen LogP contribution is -2.45. The minimum atomic E-state index is -1.11. The van der Waals surface area contributed by atoms with Crippen LogP contribution >= 0.6 is 23.2 Å². The SMILES string of the molecule is CC(C(=O)O)N(Cc1ccccc1Cl)C(=O)Nc1cccc(Cl)c1. The van der Waals surface area contributed by atoms with E-state index < -0.39 is 18.0 Å². The van der Waals surface area contributed by atoms with Crippen LogP contribution in [0.4, 0.5) is 10.5 Å². The summed E-state index contributed by atoms with van der Waals surface area (Å²) < 4.78 is 0. The maximum absolute atomic E-state index is 12.6. The second-order valence-electron chi connectivity index (χ2n) is 5.17. The monoisotopic (exact) mass is 366 g/mol. The zero-order valence-electron chi connectivity index (χ0n) is 12.9. The first-order valence-electron chi connectivity index (χ1n) is 7.18.